The van der Waals surface area contributed by atoms with Crippen molar-refractivity contribution in [3.05, 3.63) is 70.6 Å². The predicted molar refractivity (Wildman–Crippen MR) is 126 cm³/mol. The third-order valence-electron chi connectivity index (χ3n) is 5.45. The second-order valence-electron chi connectivity index (χ2n) is 7.78. The topological polar surface area (TPSA) is 106 Å². The summed E-state index contributed by atoms with van der Waals surface area (Å²) < 4.78 is 7.24. The summed E-state index contributed by atoms with van der Waals surface area (Å²) in [5.41, 5.74) is 3.89. The van der Waals surface area contributed by atoms with E-state index >= 15 is 0 Å². The average molecular weight is 465 g/mol. The van der Waals surface area contributed by atoms with Crippen molar-refractivity contribution < 1.29 is 19.1 Å². The molecule has 0 bridgehead atoms. The van der Waals surface area contributed by atoms with Crippen molar-refractivity contribution in [2.24, 2.45) is 0 Å². The van der Waals surface area contributed by atoms with Gasteiger partial charge < -0.3 is 15.0 Å². The van der Waals surface area contributed by atoms with Crippen LogP contribution >= 0.6 is 11.3 Å². The second kappa shape index (κ2) is 9.41. The average Bonchev–Trinajstić information content (AvgIpc) is 3.51. The SMILES string of the molecule is CC(=O)N[C@H](Cc1c[nH]c2ccccc12)C(=O)OCC(=O)c1cc(C)n(-c2nccs2)c1C. The van der Waals surface area contributed by atoms with E-state index in [2.05, 4.69) is 15.3 Å². The largest absolute Gasteiger partial charge is 0.456 e. The van der Waals surface area contributed by atoms with E-state index in [4.69, 9.17) is 4.74 Å². The van der Waals surface area contributed by atoms with E-state index in [1.807, 2.05) is 54.3 Å². The third-order valence-corrected chi connectivity index (χ3v) is 6.21. The van der Waals surface area contributed by atoms with Crippen LogP contribution in [0.4, 0.5) is 0 Å². The van der Waals surface area contributed by atoms with Crippen molar-refractivity contribution in [2.45, 2.75) is 33.2 Å². The number of hydrogen-bond donors (Lipinski definition) is 2. The van der Waals surface area contributed by atoms with Crippen LogP contribution in [0.3, 0.4) is 0 Å². The van der Waals surface area contributed by atoms with Gasteiger partial charge in [0, 0.05) is 59.0 Å². The molecule has 1 aromatic carbocycles. The maximum Gasteiger partial charge on any atom is 0.329 e. The molecule has 0 saturated heterocycles. The molecule has 0 aliphatic heterocycles. The predicted octanol–water partition coefficient (Wildman–Crippen LogP) is 3.51. The lowest BCUT2D eigenvalue weighted by Crippen LogP contribution is -2.42. The quantitative estimate of drug-likeness (QED) is 0.307. The summed E-state index contributed by atoms with van der Waals surface area (Å²) >= 11 is 1.47. The molecular weight excluding hydrogens is 440 g/mol. The fourth-order valence-electron chi connectivity index (χ4n) is 3.94. The molecule has 9 heteroatoms. The number of H-pyrrole nitrogens is 1. The number of esters is 1. The highest BCUT2D eigenvalue weighted by Crippen LogP contribution is 2.23. The first-order chi connectivity index (χ1) is 15.8. The Balaban J connectivity index is 1.47. The number of nitrogens with one attached hydrogen (secondary N) is 2. The molecule has 1 amide bonds. The van der Waals surface area contributed by atoms with Crippen LogP contribution in [-0.2, 0) is 20.7 Å². The molecule has 4 aromatic rings. The number of thiazole rings is 1. The smallest absolute Gasteiger partial charge is 0.329 e. The number of hydrogen-bond acceptors (Lipinski definition) is 6. The van der Waals surface area contributed by atoms with Crippen LogP contribution in [0.15, 0.2) is 48.1 Å². The highest BCUT2D eigenvalue weighted by atomic mass is 32.1. The van der Waals surface area contributed by atoms with E-state index in [1.165, 1.54) is 18.3 Å². The van der Waals surface area contributed by atoms with Crippen LogP contribution in [-0.4, -0.2) is 44.8 Å². The highest BCUT2D eigenvalue weighted by molar-refractivity contribution is 7.12. The molecule has 1 atom stereocenters. The monoisotopic (exact) mass is 464 g/mol. The summed E-state index contributed by atoms with van der Waals surface area (Å²) in [5, 5.41) is 6.24. The maximum absolute atomic E-state index is 12.8. The lowest BCUT2D eigenvalue weighted by Gasteiger charge is -2.16. The molecule has 33 heavy (non-hydrogen) atoms. The molecule has 0 aliphatic rings. The van der Waals surface area contributed by atoms with Crippen molar-refractivity contribution in [1.82, 2.24) is 19.9 Å². The van der Waals surface area contributed by atoms with Gasteiger partial charge in [0.25, 0.3) is 0 Å². The molecule has 170 valence electrons. The van der Waals surface area contributed by atoms with E-state index in [0.29, 0.717) is 5.56 Å². The number of ketones is 1. The molecule has 0 aliphatic carbocycles. The van der Waals surface area contributed by atoms with Crippen LogP contribution in [0.2, 0.25) is 0 Å². The number of carbonyl (C=O) groups excluding carboxylic acids is 3. The first-order valence-electron chi connectivity index (χ1n) is 10.5. The van der Waals surface area contributed by atoms with Gasteiger partial charge in [0.05, 0.1) is 0 Å². The zero-order valence-corrected chi connectivity index (χ0v) is 19.4. The van der Waals surface area contributed by atoms with Gasteiger partial charge in [-0.05, 0) is 31.5 Å². The van der Waals surface area contributed by atoms with Gasteiger partial charge in [-0.15, -0.1) is 11.3 Å². The minimum atomic E-state index is -0.905. The van der Waals surface area contributed by atoms with Crippen molar-refractivity contribution in [3.8, 4) is 5.13 Å². The Bertz CT molecular complexity index is 1320. The zero-order valence-electron chi connectivity index (χ0n) is 18.5. The number of Topliss-reactive ketones (excluding diaryl/α,β-unsaturated/α-hetero) is 1. The van der Waals surface area contributed by atoms with Crippen LogP contribution < -0.4 is 5.32 Å². The number of ether oxygens (including phenoxy) is 1. The van der Waals surface area contributed by atoms with Crippen LogP contribution in [0.1, 0.15) is 34.2 Å². The summed E-state index contributed by atoms with van der Waals surface area (Å²) in [7, 11) is 0. The van der Waals surface area contributed by atoms with Gasteiger partial charge in [0.2, 0.25) is 11.7 Å². The molecule has 0 fully saturated rings. The third kappa shape index (κ3) is 4.73. The molecule has 3 aromatic heterocycles. The molecular formula is C24H24N4O4S. The minimum absolute atomic E-state index is 0.245. The molecule has 0 unspecified atom stereocenters. The van der Waals surface area contributed by atoms with Gasteiger partial charge in [-0.25, -0.2) is 9.78 Å². The van der Waals surface area contributed by atoms with E-state index in [1.54, 1.807) is 12.3 Å². The van der Waals surface area contributed by atoms with Crippen molar-refractivity contribution in [1.29, 1.82) is 0 Å². The number of carbonyl (C=O) groups is 3. The fraction of sp³-hybridized carbons (Fsp3) is 0.250. The van der Waals surface area contributed by atoms with Crippen LogP contribution in [0.5, 0.6) is 0 Å². The normalized spacial score (nSPS) is 12.0. The zero-order chi connectivity index (χ0) is 23.5. The molecule has 0 spiro atoms. The Kier molecular flexibility index (Phi) is 6.41. The lowest BCUT2D eigenvalue weighted by atomic mass is 10.0. The number of para-hydroxylation sites is 1. The Morgan fingerprint density at radius 1 is 1.24 bits per heavy atom. The lowest BCUT2D eigenvalue weighted by molar-refractivity contribution is -0.146. The molecule has 0 saturated carbocycles. The first kappa shape index (κ1) is 22.5. The van der Waals surface area contributed by atoms with Gasteiger partial charge in [-0.1, -0.05) is 18.2 Å². The molecule has 2 N–H and O–H groups in total. The van der Waals surface area contributed by atoms with Crippen molar-refractivity contribution in [3.63, 3.8) is 0 Å². The summed E-state index contributed by atoms with van der Waals surface area (Å²) in [6, 6.07) is 8.57. The minimum Gasteiger partial charge on any atom is -0.456 e. The van der Waals surface area contributed by atoms with Gasteiger partial charge in [0.15, 0.2) is 11.7 Å². The van der Waals surface area contributed by atoms with Crippen molar-refractivity contribution in [2.75, 3.05) is 6.61 Å². The molecule has 3 heterocycles. The number of fused-ring (bicyclic) bond motifs is 1. The Morgan fingerprint density at radius 3 is 2.76 bits per heavy atom. The Morgan fingerprint density at radius 2 is 2.03 bits per heavy atom. The standard InChI is InChI=1S/C24H24N4O4S/c1-14-10-19(15(2)28(14)24-25-8-9-33-24)22(30)13-32-23(31)21(27-16(3)29)11-17-12-26-20-7-5-4-6-18(17)20/h4-10,12,21,26H,11,13H2,1-3H3,(H,27,29)/t21-/m1/s1. The summed E-state index contributed by atoms with van der Waals surface area (Å²) in [4.78, 5) is 44.8. The Labute approximate surface area is 194 Å². The fourth-order valence-corrected chi connectivity index (χ4v) is 4.69. The Hall–Kier alpha value is -3.72. The van der Waals surface area contributed by atoms with Crippen LogP contribution in [0, 0.1) is 13.8 Å². The van der Waals surface area contributed by atoms with Gasteiger partial charge in [-0.3, -0.25) is 14.2 Å². The number of amides is 1. The van der Waals surface area contributed by atoms with E-state index < -0.39 is 18.6 Å². The summed E-state index contributed by atoms with van der Waals surface area (Å²) in [5.74, 6) is -1.32. The number of benzene rings is 1. The molecule has 0 radical (unpaired) electrons. The number of nitrogens with zero attached hydrogens (tertiary/aromatic N) is 2. The number of aromatic nitrogens is 3. The number of rotatable bonds is 8. The van der Waals surface area contributed by atoms with E-state index in [9.17, 15) is 14.4 Å². The van der Waals surface area contributed by atoms with Gasteiger partial charge in [0.1, 0.15) is 6.04 Å². The number of aryl methyl sites for hydroxylation is 1. The number of aromatic amines is 1. The van der Waals surface area contributed by atoms with Gasteiger partial charge in [-0.2, -0.15) is 0 Å². The molecule has 4 rings (SSSR count). The van der Waals surface area contributed by atoms with Gasteiger partial charge >= 0.3 is 5.97 Å². The van der Waals surface area contributed by atoms with Crippen molar-refractivity contribution >= 4 is 39.9 Å². The van der Waals surface area contributed by atoms with E-state index in [0.717, 1.165) is 33.0 Å². The second-order valence-corrected chi connectivity index (χ2v) is 8.66. The van der Waals surface area contributed by atoms with E-state index in [-0.39, 0.29) is 18.1 Å². The van der Waals surface area contributed by atoms with Crippen LogP contribution in [0.25, 0.3) is 16.0 Å². The maximum atomic E-state index is 12.8. The summed E-state index contributed by atoms with van der Waals surface area (Å²) in [6.07, 6.45) is 3.76. The first-order valence-corrected chi connectivity index (χ1v) is 11.3. The highest BCUT2D eigenvalue weighted by Gasteiger charge is 2.25. The summed E-state index contributed by atoms with van der Waals surface area (Å²) in [6.45, 7) is 4.66. The molecule has 8 nitrogen and oxygen atoms in total.